The van der Waals surface area contributed by atoms with Crippen LogP contribution in [0.25, 0.3) is 0 Å². The van der Waals surface area contributed by atoms with E-state index < -0.39 is 0 Å². The molecule has 0 unspecified atom stereocenters. The van der Waals surface area contributed by atoms with Crippen LogP contribution in [0.15, 0.2) is 12.1 Å². The Hall–Kier alpha value is -0.340. The van der Waals surface area contributed by atoms with E-state index in [-0.39, 0.29) is 5.41 Å². The van der Waals surface area contributed by atoms with Gasteiger partial charge in [-0.3, -0.25) is 0 Å². The molecule has 1 aromatic rings. The molecular weight excluding hydrogens is 274 g/mol. The summed E-state index contributed by atoms with van der Waals surface area (Å²) in [6.45, 7) is 15.4. The molecule has 0 radical (unpaired) electrons. The van der Waals surface area contributed by atoms with Gasteiger partial charge in [0, 0.05) is 22.3 Å². The van der Waals surface area contributed by atoms with Gasteiger partial charge in [0.15, 0.2) is 0 Å². The van der Waals surface area contributed by atoms with Gasteiger partial charge in [0.2, 0.25) is 0 Å². The van der Waals surface area contributed by atoms with Crippen LogP contribution in [-0.4, -0.2) is 6.04 Å². The van der Waals surface area contributed by atoms with Crippen LogP contribution in [0, 0.1) is 23.2 Å². The zero-order valence-corrected chi connectivity index (χ0v) is 15.3. The molecule has 2 heteroatoms. The van der Waals surface area contributed by atoms with E-state index >= 15 is 0 Å². The Morgan fingerprint density at radius 1 is 1.24 bits per heavy atom. The van der Waals surface area contributed by atoms with E-state index in [4.69, 9.17) is 0 Å². The van der Waals surface area contributed by atoms with E-state index in [9.17, 15) is 0 Å². The third-order valence-corrected chi connectivity index (χ3v) is 7.80. The summed E-state index contributed by atoms with van der Waals surface area (Å²) >= 11 is 1.98. The molecular formula is C19H31NS. The van der Waals surface area contributed by atoms with Gasteiger partial charge in [-0.2, -0.15) is 0 Å². The first kappa shape index (κ1) is 15.6. The van der Waals surface area contributed by atoms with E-state index in [1.165, 1.54) is 22.6 Å². The maximum absolute atomic E-state index is 3.86. The fourth-order valence-electron chi connectivity index (χ4n) is 4.53. The Balaban J connectivity index is 1.58. The summed E-state index contributed by atoms with van der Waals surface area (Å²) in [4.78, 5) is 2.99. The molecule has 118 valence electrons. The molecule has 4 rings (SSSR count). The zero-order valence-electron chi connectivity index (χ0n) is 14.5. The number of rotatable bonds is 3. The van der Waals surface area contributed by atoms with Crippen molar-refractivity contribution in [3.8, 4) is 0 Å². The van der Waals surface area contributed by atoms with Gasteiger partial charge >= 0.3 is 0 Å². The second-order valence-corrected chi connectivity index (χ2v) is 10.1. The molecule has 0 spiro atoms. The smallest absolute Gasteiger partial charge is 0.0302 e. The fraction of sp³-hybridized carbons (Fsp3) is 0.789. The van der Waals surface area contributed by atoms with Crippen LogP contribution in [0.1, 0.15) is 64.1 Å². The van der Waals surface area contributed by atoms with Gasteiger partial charge in [-0.05, 0) is 53.6 Å². The first-order valence-corrected chi connectivity index (χ1v) is 9.34. The largest absolute Gasteiger partial charge is 0.309 e. The van der Waals surface area contributed by atoms with Crippen LogP contribution < -0.4 is 5.32 Å². The SMILES string of the molecule is C[C@H]1[C@H](NCc2ccc(C(C)(C)C)s2)C[C@H]2C[C@@H]1C2(C)C. The highest BCUT2D eigenvalue weighted by atomic mass is 32.1. The average Bonchev–Trinajstić information content (AvgIpc) is 2.85. The molecule has 1 nitrogen and oxygen atoms in total. The molecule has 1 aromatic heterocycles. The van der Waals surface area contributed by atoms with E-state index in [1.54, 1.807) is 0 Å². The third kappa shape index (κ3) is 2.70. The Labute approximate surface area is 134 Å². The summed E-state index contributed by atoms with van der Waals surface area (Å²) in [5.41, 5.74) is 0.882. The van der Waals surface area contributed by atoms with E-state index in [1.807, 2.05) is 11.3 Å². The van der Waals surface area contributed by atoms with Crippen LogP contribution in [0.2, 0.25) is 0 Å². The van der Waals surface area contributed by atoms with Crippen molar-refractivity contribution in [2.75, 3.05) is 0 Å². The summed E-state index contributed by atoms with van der Waals surface area (Å²) in [5, 5.41) is 3.86. The van der Waals surface area contributed by atoms with Crippen LogP contribution in [0.3, 0.4) is 0 Å². The van der Waals surface area contributed by atoms with Crippen LogP contribution >= 0.6 is 11.3 Å². The maximum Gasteiger partial charge on any atom is 0.0302 e. The Morgan fingerprint density at radius 3 is 2.48 bits per heavy atom. The van der Waals surface area contributed by atoms with Gasteiger partial charge in [-0.15, -0.1) is 11.3 Å². The highest BCUT2D eigenvalue weighted by Gasteiger charge is 2.55. The van der Waals surface area contributed by atoms with Crippen molar-refractivity contribution in [3.63, 3.8) is 0 Å². The van der Waals surface area contributed by atoms with Crippen molar-refractivity contribution in [1.82, 2.24) is 5.32 Å². The highest BCUT2D eigenvalue weighted by molar-refractivity contribution is 7.12. The predicted octanol–water partition coefficient (Wildman–Crippen LogP) is 5.21. The van der Waals surface area contributed by atoms with Crippen molar-refractivity contribution in [2.45, 2.75) is 72.4 Å². The molecule has 3 fully saturated rings. The van der Waals surface area contributed by atoms with Gasteiger partial charge in [0.25, 0.3) is 0 Å². The number of nitrogens with one attached hydrogen (secondary N) is 1. The second-order valence-electron chi connectivity index (χ2n) is 8.96. The van der Waals surface area contributed by atoms with Gasteiger partial charge in [-0.25, -0.2) is 0 Å². The number of fused-ring (bicyclic) bond motifs is 2. The van der Waals surface area contributed by atoms with Gasteiger partial charge in [-0.1, -0.05) is 41.5 Å². The van der Waals surface area contributed by atoms with Crippen molar-refractivity contribution in [2.24, 2.45) is 23.2 Å². The molecule has 4 atom stereocenters. The van der Waals surface area contributed by atoms with Crippen LogP contribution in [0.4, 0.5) is 0 Å². The van der Waals surface area contributed by atoms with Gasteiger partial charge in [0.1, 0.15) is 0 Å². The third-order valence-electron chi connectivity index (χ3n) is 6.29. The van der Waals surface area contributed by atoms with E-state index in [0.717, 1.165) is 30.3 Å². The quantitative estimate of drug-likeness (QED) is 0.808. The van der Waals surface area contributed by atoms with Crippen LogP contribution in [0.5, 0.6) is 0 Å². The Kier molecular flexibility index (Phi) is 3.77. The molecule has 0 aliphatic heterocycles. The minimum atomic E-state index is 0.284. The molecule has 21 heavy (non-hydrogen) atoms. The van der Waals surface area contributed by atoms with Crippen molar-refractivity contribution in [3.05, 3.63) is 21.9 Å². The summed E-state index contributed by atoms with van der Waals surface area (Å²) in [6, 6.07) is 5.35. The second kappa shape index (κ2) is 5.09. The van der Waals surface area contributed by atoms with E-state index in [0.29, 0.717) is 5.41 Å². The number of hydrogen-bond acceptors (Lipinski definition) is 2. The molecule has 1 heterocycles. The van der Waals surface area contributed by atoms with Crippen LogP contribution in [-0.2, 0) is 12.0 Å². The van der Waals surface area contributed by atoms with Gasteiger partial charge < -0.3 is 5.32 Å². The van der Waals surface area contributed by atoms with E-state index in [2.05, 4.69) is 59.0 Å². The first-order chi connectivity index (χ1) is 9.69. The van der Waals surface area contributed by atoms with Crippen molar-refractivity contribution < 1.29 is 0 Å². The van der Waals surface area contributed by atoms with Gasteiger partial charge in [0.05, 0.1) is 0 Å². The summed E-state index contributed by atoms with van der Waals surface area (Å²) in [7, 11) is 0. The minimum absolute atomic E-state index is 0.284. The standard InChI is InChI=1S/C19H31NS/c1-12-15-9-13(19(15,5)6)10-16(12)20-11-14-7-8-17(21-14)18(2,3)4/h7-8,12-13,15-16,20H,9-11H2,1-6H3/t12-,13-,15+,16-/m1/s1. The van der Waals surface area contributed by atoms with Crippen molar-refractivity contribution in [1.29, 1.82) is 0 Å². The zero-order chi connectivity index (χ0) is 15.4. The minimum Gasteiger partial charge on any atom is -0.309 e. The molecule has 0 amide bonds. The lowest BCUT2D eigenvalue weighted by molar-refractivity contribution is -0.115. The highest BCUT2D eigenvalue weighted by Crippen LogP contribution is 2.61. The predicted molar refractivity (Wildman–Crippen MR) is 92.8 cm³/mol. The topological polar surface area (TPSA) is 12.0 Å². The molecule has 0 saturated heterocycles. The summed E-state index contributed by atoms with van der Waals surface area (Å²) in [6.07, 6.45) is 2.85. The van der Waals surface area contributed by atoms with Crippen molar-refractivity contribution >= 4 is 11.3 Å². The molecule has 3 saturated carbocycles. The first-order valence-electron chi connectivity index (χ1n) is 8.52. The monoisotopic (exact) mass is 305 g/mol. The normalized spacial score (nSPS) is 34.6. The lowest BCUT2D eigenvalue weighted by Crippen LogP contribution is -2.59. The molecule has 2 bridgehead atoms. The summed E-state index contributed by atoms with van der Waals surface area (Å²) < 4.78 is 0. The Morgan fingerprint density at radius 2 is 1.95 bits per heavy atom. The summed E-state index contributed by atoms with van der Waals surface area (Å²) in [5.74, 6) is 2.71. The molecule has 3 aliphatic carbocycles. The number of hydrogen-bond donors (Lipinski definition) is 1. The maximum atomic E-state index is 3.86. The molecule has 1 N–H and O–H groups in total. The lowest BCUT2D eigenvalue weighted by atomic mass is 9.45. The Bertz CT molecular complexity index is 508. The average molecular weight is 306 g/mol. The fourth-order valence-corrected chi connectivity index (χ4v) is 5.54. The lowest BCUT2D eigenvalue weighted by Gasteiger charge is -2.62. The molecule has 3 aliphatic rings. The molecule has 0 aromatic carbocycles. The number of thiophene rings is 1.